The van der Waals surface area contributed by atoms with Gasteiger partial charge in [-0.25, -0.2) is 4.99 Å². The van der Waals surface area contributed by atoms with Gasteiger partial charge in [-0.2, -0.15) is 0 Å². The fraction of sp³-hybridized carbons (Fsp3) is 0.476. The van der Waals surface area contributed by atoms with E-state index in [-0.39, 0.29) is 29.6 Å². The van der Waals surface area contributed by atoms with E-state index in [1.807, 2.05) is 36.4 Å². The van der Waals surface area contributed by atoms with Crippen molar-refractivity contribution < 1.29 is 13.9 Å². The minimum absolute atomic E-state index is 0. The SMILES string of the molecule is COc1ccc(CN=C(NCCc2ccco2)NCC2(C)CCCO2)cc1.I. The van der Waals surface area contributed by atoms with Crippen LogP contribution in [0.3, 0.4) is 0 Å². The molecule has 1 atom stereocenters. The number of halogens is 1. The van der Waals surface area contributed by atoms with Crippen molar-refractivity contribution in [1.29, 1.82) is 0 Å². The third-order valence-electron chi connectivity index (χ3n) is 4.75. The van der Waals surface area contributed by atoms with Crippen LogP contribution < -0.4 is 15.4 Å². The number of nitrogens with zero attached hydrogens (tertiary/aromatic N) is 1. The molecule has 1 aromatic carbocycles. The summed E-state index contributed by atoms with van der Waals surface area (Å²) >= 11 is 0. The number of benzene rings is 1. The second kappa shape index (κ2) is 11.3. The molecular formula is C21H30IN3O3. The lowest BCUT2D eigenvalue weighted by atomic mass is 10.0. The highest BCUT2D eigenvalue weighted by atomic mass is 127. The van der Waals surface area contributed by atoms with E-state index in [1.54, 1.807) is 13.4 Å². The largest absolute Gasteiger partial charge is 0.497 e. The summed E-state index contributed by atoms with van der Waals surface area (Å²) in [4.78, 5) is 4.73. The molecule has 1 fully saturated rings. The van der Waals surface area contributed by atoms with Crippen molar-refractivity contribution in [2.24, 2.45) is 4.99 Å². The normalized spacial score (nSPS) is 19.1. The van der Waals surface area contributed by atoms with Crippen molar-refractivity contribution in [3.63, 3.8) is 0 Å². The maximum atomic E-state index is 5.87. The van der Waals surface area contributed by atoms with Crippen molar-refractivity contribution in [1.82, 2.24) is 10.6 Å². The fourth-order valence-electron chi connectivity index (χ4n) is 3.08. The van der Waals surface area contributed by atoms with Crippen LogP contribution in [0.25, 0.3) is 0 Å². The van der Waals surface area contributed by atoms with Crippen molar-refractivity contribution in [3.05, 3.63) is 54.0 Å². The van der Waals surface area contributed by atoms with Crippen LogP contribution >= 0.6 is 24.0 Å². The lowest BCUT2D eigenvalue weighted by molar-refractivity contribution is 0.0242. The van der Waals surface area contributed by atoms with Gasteiger partial charge >= 0.3 is 0 Å². The Hall–Kier alpha value is -1.74. The van der Waals surface area contributed by atoms with Gasteiger partial charge in [-0.3, -0.25) is 0 Å². The highest BCUT2D eigenvalue weighted by Gasteiger charge is 2.29. The minimum atomic E-state index is -0.121. The first kappa shape index (κ1) is 22.5. The lowest BCUT2D eigenvalue weighted by Gasteiger charge is -2.24. The molecule has 1 unspecified atom stereocenters. The molecule has 1 saturated heterocycles. The number of methoxy groups -OCH3 is 1. The minimum Gasteiger partial charge on any atom is -0.497 e. The van der Waals surface area contributed by atoms with E-state index < -0.39 is 0 Å². The molecule has 6 nitrogen and oxygen atoms in total. The van der Waals surface area contributed by atoms with E-state index in [0.29, 0.717) is 6.54 Å². The summed E-state index contributed by atoms with van der Waals surface area (Å²) in [7, 11) is 1.67. The molecule has 0 spiro atoms. The summed E-state index contributed by atoms with van der Waals surface area (Å²) in [6, 6.07) is 11.9. The highest BCUT2D eigenvalue weighted by Crippen LogP contribution is 2.23. The summed E-state index contributed by atoms with van der Waals surface area (Å²) in [5, 5.41) is 6.82. The number of hydrogen-bond donors (Lipinski definition) is 2. The number of rotatable bonds is 8. The standard InChI is InChI=1S/C21H29N3O3.HI/c1-21(11-4-14-27-21)16-24-20(22-12-10-19-5-3-13-26-19)23-15-17-6-8-18(25-2)9-7-17;/h3,5-9,13H,4,10-12,14-16H2,1-2H3,(H2,22,23,24);1H. The molecule has 7 heteroatoms. The Balaban J connectivity index is 0.00000280. The molecule has 2 heterocycles. The van der Waals surface area contributed by atoms with Crippen LogP contribution in [-0.4, -0.2) is 38.4 Å². The van der Waals surface area contributed by atoms with E-state index in [9.17, 15) is 0 Å². The Morgan fingerprint density at radius 1 is 1.21 bits per heavy atom. The molecule has 1 aliphatic heterocycles. The van der Waals surface area contributed by atoms with Crippen LogP contribution in [0.15, 0.2) is 52.1 Å². The molecule has 1 aromatic heterocycles. The number of furan rings is 1. The Morgan fingerprint density at radius 3 is 2.68 bits per heavy atom. The maximum absolute atomic E-state index is 5.87. The lowest BCUT2D eigenvalue weighted by Crippen LogP contribution is -2.46. The zero-order valence-corrected chi connectivity index (χ0v) is 18.9. The van der Waals surface area contributed by atoms with Crippen LogP contribution in [0, 0.1) is 0 Å². The number of guanidine groups is 1. The van der Waals surface area contributed by atoms with Gasteiger partial charge in [-0.15, -0.1) is 24.0 Å². The van der Waals surface area contributed by atoms with Crippen molar-refractivity contribution in [2.45, 2.75) is 38.3 Å². The summed E-state index contributed by atoms with van der Waals surface area (Å²) in [6.45, 7) is 5.07. The maximum Gasteiger partial charge on any atom is 0.191 e. The third-order valence-corrected chi connectivity index (χ3v) is 4.75. The highest BCUT2D eigenvalue weighted by molar-refractivity contribution is 14.0. The summed E-state index contributed by atoms with van der Waals surface area (Å²) in [5.74, 6) is 2.60. The molecule has 0 aliphatic carbocycles. The summed E-state index contributed by atoms with van der Waals surface area (Å²) < 4.78 is 16.5. The number of ether oxygens (including phenoxy) is 2. The molecule has 154 valence electrons. The smallest absolute Gasteiger partial charge is 0.191 e. The second-order valence-corrected chi connectivity index (χ2v) is 7.02. The Kier molecular flexibility index (Phi) is 9.11. The predicted molar refractivity (Wildman–Crippen MR) is 122 cm³/mol. The molecular weight excluding hydrogens is 469 g/mol. The molecule has 2 N–H and O–H groups in total. The van der Waals surface area contributed by atoms with Gasteiger partial charge in [0.2, 0.25) is 0 Å². The Morgan fingerprint density at radius 2 is 2.04 bits per heavy atom. The summed E-state index contributed by atoms with van der Waals surface area (Å²) in [5.41, 5.74) is 1.01. The number of nitrogens with one attached hydrogen (secondary N) is 2. The molecule has 1 aliphatic rings. The van der Waals surface area contributed by atoms with Gasteiger partial charge in [-0.1, -0.05) is 12.1 Å². The van der Waals surface area contributed by atoms with Gasteiger partial charge in [0, 0.05) is 26.1 Å². The van der Waals surface area contributed by atoms with Gasteiger partial charge in [0.15, 0.2) is 5.96 Å². The molecule has 0 amide bonds. The predicted octanol–water partition coefficient (Wildman–Crippen LogP) is 3.75. The van der Waals surface area contributed by atoms with Gasteiger partial charge in [0.1, 0.15) is 11.5 Å². The van der Waals surface area contributed by atoms with Gasteiger partial charge < -0.3 is 24.5 Å². The van der Waals surface area contributed by atoms with Crippen LogP contribution in [0.1, 0.15) is 31.1 Å². The van der Waals surface area contributed by atoms with E-state index in [0.717, 1.165) is 62.0 Å². The average molecular weight is 499 g/mol. The molecule has 0 saturated carbocycles. The Labute approximate surface area is 184 Å². The van der Waals surface area contributed by atoms with Crippen LogP contribution in [-0.2, 0) is 17.7 Å². The monoisotopic (exact) mass is 499 g/mol. The zero-order valence-electron chi connectivity index (χ0n) is 16.6. The van der Waals surface area contributed by atoms with E-state index in [1.165, 1.54) is 0 Å². The first-order chi connectivity index (χ1) is 13.2. The van der Waals surface area contributed by atoms with E-state index in [4.69, 9.17) is 18.9 Å². The van der Waals surface area contributed by atoms with E-state index in [2.05, 4.69) is 17.6 Å². The first-order valence-electron chi connectivity index (χ1n) is 9.48. The molecule has 3 rings (SSSR count). The van der Waals surface area contributed by atoms with Crippen LogP contribution in [0.4, 0.5) is 0 Å². The van der Waals surface area contributed by atoms with Gasteiger partial charge in [0.25, 0.3) is 0 Å². The quantitative estimate of drug-likeness (QED) is 0.329. The van der Waals surface area contributed by atoms with E-state index >= 15 is 0 Å². The van der Waals surface area contributed by atoms with Crippen molar-refractivity contribution in [2.75, 3.05) is 26.8 Å². The number of aliphatic imine (C=N–C) groups is 1. The van der Waals surface area contributed by atoms with Crippen LogP contribution in [0.2, 0.25) is 0 Å². The Bertz CT molecular complexity index is 711. The molecule has 28 heavy (non-hydrogen) atoms. The fourth-order valence-corrected chi connectivity index (χ4v) is 3.08. The second-order valence-electron chi connectivity index (χ2n) is 7.02. The zero-order chi connectivity index (χ0) is 19.0. The summed E-state index contributed by atoms with van der Waals surface area (Å²) in [6.07, 6.45) is 4.69. The molecule has 0 radical (unpaired) electrons. The first-order valence-corrected chi connectivity index (χ1v) is 9.48. The van der Waals surface area contributed by atoms with Crippen molar-refractivity contribution >= 4 is 29.9 Å². The third kappa shape index (κ3) is 7.01. The topological polar surface area (TPSA) is 68.0 Å². The van der Waals surface area contributed by atoms with Gasteiger partial charge in [0.05, 0.1) is 25.5 Å². The van der Waals surface area contributed by atoms with Crippen LogP contribution in [0.5, 0.6) is 5.75 Å². The average Bonchev–Trinajstić information content (AvgIpc) is 3.36. The van der Waals surface area contributed by atoms with Gasteiger partial charge in [-0.05, 0) is 49.6 Å². The van der Waals surface area contributed by atoms with Crippen molar-refractivity contribution in [3.8, 4) is 5.75 Å². The molecule has 0 bridgehead atoms. The molecule has 2 aromatic rings. The number of hydrogen-bond acceptors (Lipinski definition) is 4.